The number of alkyl halides is 3. The second-order valence-electron chi connectivity index (χ2n) is 7.61. The number of nitrogen functional groups attached to an aromatic ring is 1. The second kappa shape index (κ2) is 10.2. The van der Waals surface area contributed by atoms with Gasteiger partial charge in [-0.05, 0) is 54.8 Å². The molecule has 1 unspecified atom stereocenters. The first-order chi connectivity index (χ1) is 15.5. The minimum Gasteiger partial charge on any atom is -0.486 e. The van der Waals surface area contributed by atoms with Crippen LogP contribution in [0.25, 0.3) is 0 Å². The van der Waals surface area contributed by atoms with E-state index in [1.54, 1.807) is 6.92 Å². The molecule has 1 aromatic heterocycles. The van der Waals surface area contributed by atoms with Crippen molar-refractivity contribution in [3.05, 3.63) is 65.5 Å². The number of ether oxygens (including phenoxy) is 1. The zero-order valence-electron chi connectivity index (χ0n) is 18.3. The molecule has 0 spiro atoms. The van der Waals surface area contributed by atoms with Crippen LogP contribution in [0.4, 0.5) is 18.9 Å². The molecule has 0 aliphatic heterocycles. The molecule has 0 bridgehead atoms. The van der Waals surface area contributed by atoms with Crippen molar-refractivity contribution in [2.75, 3.05) is 11.2 Å². The van der Waals surface area contributed by atoms with Crippen molar-refractivity contribution in [3.63, 3.8) is 0 Å². The Bertz CT molecular complexity index is 1080. The number of hydrogen-bond acceptors (Lipinski definition) is 6. The van der Waals surface area contributed by atoms with Gasteiger partial charge in [0, 0.05) is 5.69 Å². The number of nitrogens with zero attached hydrogens (tertiary/aromatic N) is 3. The number of aromatic nitrogens is 3. The largest absolute Gasteiger partial charge is 0.486 e. The Kier molecular flexibility index (Phi) is 7.52. The summed E-state index contributed by atoms with van der Waals surface area (Å²) in [7, 11) is 0. The number of nitrogens with two attached hydrogens (primary N) is 1. The van der Waals surface area contributed by atoms with E-state index >= 15 is 0 Å². The van der Waals surface area contributed by atoms with Crippen molar-refractivity contribution in [1.82, 2.24) is 14.9 Å². The number of carbonyl (C=O) groups excluding carboxylic acids is 1. The second-order valence-corrected chi connectivity index (χ2v) is 8.91. The zero-order chi connectivity index (χ0) is 24.2. The smallest absolute Gasteiger partial charge is 0.416 e. The minimum atomic E-state index is -4.43. The summed E-state index contributed by atoms with van der Waals surface area (Å²) in [4.78, 5) is 12.4. The van der Waals surface area contributed by atoms with Gasteiger partial charge in [0.05, 0.1) is 10.8 Å². The Morgan fingerprint density at radius 2 is 1.73 bits per heavy atom. The number of carbonyl (C=O) groups is 1. The SMILES string of the molecule is CC(Sc1nnc(COc2ccc(C(C)C)cc2)n1N)C(=O)Nc1ccc(C(F)(F)F)cc1. The lowest BCUT2D eigenvalue weighted by Gasteiger charge is -2.13. The average molecular weight is 480 g/mol. The van der Waals surface area contributed by atoms with Gasteiger partial charge in [-0.2, -0.15) is 13.2 Å². The molecule has 1 amide bonds. The molecular formula is C22H24F3N5O2S. The van der Waals surface area contributed by atoms with Gasteiger partial charge in [-0.15, -0.1) is 10.2 Å². The molecule has 0 aliphatic carbocycles. The van der Waals surface area contributed by atoms with E-state index in [9.17, 15) is 18.0 Å². The number of amides is 1. The van der Waals surface area contributed by atoms with Crippen molar-refractivity contribution in [3.8, 4) is 5.75 Å². The van der Waals surface area contributed by atoms with E-state index in [1.165, 1.54) is 22.4 Å². The lowest BCUT2D eigenvalue weighted by Crippen LogP contribution is -2.24. The van der Waals surface area contributed by atoms with Crippen LogP contribution in [0.15, 0.2) is 53.7 Å². The Morgan fingerprint density at radius 1 is 1.09 bits per heavy atom. The van der Waals surface area contributed by atoms with Crippen molar-refractivity contribution in [2.24, 2.45) is 0 Å². The third-order valence-corrected chi connectivity index (χ3v) is 5.84. The van der Waals surface area contributed by atoms with Crippen LogP contribution in [0, 0.1) is 0 Å². The van der Waals surface area contributed by atoms with Gasteiger partial charge in [-0.3, -0.25) is 4.79 Å². The lowest BCUT2D eigenvalue weighted by molar-refractivity contribution is -0.137. The van der Waals surface area contributed by atoms with Crippen molar-refractivity contribution < 1.29 is 22.7 Å². The number of halogens is 3. The molecule has 3 aromatic rings. The van der Waals surface area contributed by atoms with Crippen molar-refractivity contribution in [2.45, 2.75) is 49.9 Å². The van der Waals surface area contributed by atoms with Gasteiger partial charge in [0.25, 0.3) is 0 Å². The van der Waals surface area contributed by atoms with Crippen molar-refractivity contribution >= 4 is 23.4 Å². The average Bonchev–Trinajstić information content (AvgIpc) is 3.11. The van der Waals surface area contributed by atoms with E-state index in [2.05, 4.69) is 29.4 Å². The van der Waals surface area contributed by atoms with Crippen molar-refractivity contribution in [1.29, 1.82) is 0 Å². The fourth-order valence-corrected chi connectivity index (χ4v) is 3.57. The maximum Gasteiger partial charge on any atom is 0.416 e. The van der Waals surface area contributed by atoms with E-state index in [-0.39, 0.29) is 12.3 Å². The van der Waals surface area contributed by atoms with Crippen LogP contribution in [0.3, 0.4) is 0 Å². The molecule has 7 nitrogen and oxygen atoms in total. The molecule has 176 valence electrons. The Balaban J connectivity index is 1.55. The van der Waals surface area contributed by atoms with E-state index in [0.717, 1.165) is 23.9 Å². The third kappa shape index (κ3) is 6.41. The number of hydrogen-bond donors (Lipinski definition) is 2. The first-order valence-corrected chi connectivity index (χ1v) is 11.0. The highest BCUT2D eigenvalue weighted by molar-refractivity contribution is 8.00. The number of rotatable bonds is 8. The molecule has 1 atom stereocenters. The summed E-state index contributed by atoms with van der Waals surface area (Å²) >= 11 is 1.07. The van der Waals surface area contributed by atoms with E-state index < -0.39 is 22.9 Å². The summed E-state index contributed by atoms with van der Waals surface area (Å²) in [6.07, 6.45) is -4.43. The first-order valence-electron chi connectivity index (χ1n) is 10.1. The summed E-state index contributed by atoms with van der Waals surface area (Å²) in [6, 6.07) is 11.9. The van der Waals surface area contributed by atoms with Gasteiger partial charge in [0.15, 0.2) is 5.82 Å². The molecule has 0 fully saturated rings. The van der Waals surface area contributed by atoms with Gasteiger partial charge in [-0.25, -0.2) is 4.68 Å². The zero-order valence-corrected chi connectivity index (χ0v) is 19.1. The normalized spacial score (nSPS) is 12.6. The molecule has 11 heteroatoms. The predicted molar refractivity (Wildman–Crippen MR) is 120 cm³/mol. The molecule has 3 rings (SSSR count). The summed E-state index contributed by atoms with van der Waals surface area (Å²) in [6.45, 7) is 5.94. The third-order valence-electron chi connectivity index (χ3n) is 4.78. The fraction of sp³-hybridized carbons (Fsp3) is 0.318. The van der Waals surface area contributed by atoms with Gasteiger partial charge in [-0.1, -0.05) is 37.7 Å². The maximum absolute atomic E-state index is 12.7. The van der Waals surface area contributed by atoms with Crippen LogP contribution in [-0.4, -0.2) is 26.0 Å². The molecule has 0 aliphatic rings. The van der Waals surface area contributed by atoms with E-state index in [0.29, 0.717) is 22.6 Å². The van der Waals surface area contributed by atoms with Gasteiger partial charge in [0.1, 0.15) is 12.4 Å². The van der Waals surface area contributed by atoms with Gasteiger partial charge >= 0.3 is 6.18 Å². The van der Waals surface area contributed by atoms with E-state index in [4.69, 9.17) is 10.6 Å². The standard InChI is InChI=1S/C22H24F3N5O2S/c1-13(2)15-4-10-18(11-5-15)32-12-19-28-29-21(30(19)26)33-14(3)20(31)27-17-8-6-16(7-9-17)22(23,24)25/h4-11,13-14H,12,26H2,1-3H3,(H,27,31). The summed E-state index contributed by atoms with van der Waals surface area (Å²) in [5.74, 6) is 7.09. The van der Waals surface area contributed by atoms with E-state index in [1.807, 2.05) is 24.3 Å². The molecule has 3 N–H and O–H groups in total. The Hall–Kier alpha value is -3.21. The fourth-order valence-electron chi connectivity index (χ4n) is 2.78. The number of nitrogens with one attached hydrogen (secondary N) is 1. The van der Waals surface area contributed by atoms with Crippen LogP contribution >= 0.6 is 11.8 Å². The maximum atomic E-state index is 12.7. The molecule has 0 saturated carbocycles. The van der Waals surface area contributed by atoms with Gasteiger partial charge in [0.2, 0.25) is 11.1 Å². The van der Waals surface area contributed by atoms with Crippen LogP contribution in [0.5, 0.6) is 5.75 Å². The molecular weight excluding hydrogens is 455 g/mol. The highest BCUT2D eigenvalue weighted by Crippen LogP contribution is 2.30. The topological polar surface area (TPSA) is 95.1 Å². The number of anilines is 1. The molecule has 33 heavy (non-hydrogen) atoms. The Morgan fingerprint density at radius 3 is 2.30 bits per heavy atom. The van der Waals surface area contributed by atoms with Crippen LogP contribution < -0.4 is 15.9 Å². The first kappa shape index (κ1) is 24.4. The van der Waals surface area contributed by atoms with Crippen LogP contribution in [0.2, 0.25) is 0 Å². The van der Waals surface area contributed by atoms with Gasteiger partial charge < -0.3 is 15.9 Å². The van der Waals surface area contributed by atoms with Crippen LogP contribution in [0.1, 0.15) is 43.6 Å². The number of benzene rings is 2. The lowest BCUT2D eigenvalue weighted by atomic mass is 10.0. The van der Waals surface area contributed by atoms with Crippen LogP contribution in [-0.2, 0) is 17.6 Å². The highest BCUT2D eigenvalue weighted by atomic mass is 32.2. The number of thioether (sulfide) groups is 1. The molecule has 2 aromatic carbocycles. The Labute approximate surface area is 193 Å². The quantitative estimate of drug-likeness (QED) is 0.355. The monoisotopic (exact) mass is 479 g/mol. The highest BCUT2D eigenvalue weighted by Gasteiger charge is 2.30. The summed E-state index contributed by atoms with van der Waals surface area (Å²) < 4.78 is 44.9. The summed E-state index contributed by atoms with van der Waals surface area (Å²) in [5.41, 5.74) is 0.670. The summed E-state index contributed by atoms with van der Waals surface area (Å²) in [5, 5.41) is 10.3. The minimum absolute atomic E-state index is 0.0945. The molecule has 1 heterocycles. The molecule has 0 radical (unpaired) electrons. The predicted octanol–water partition coefficient (Wildman–Crippen LogP) is 4.83. The molecule has 0 saturated heterocycles.